The van der Waals surface area contributed by atoms with Crippen molar-refractivity contribution in [2.24, 2.45) is 0 Å². The van der Waals surface area contributed by atoms with Gasteiger partial charge in [0, 0.05) is 11.8 Å². The minimum absolute atomic E-state index is 0.293. The van der Waals surface area contributed by atoms with Gasteiger partial charge in [-0.3, -0.25) is 9.59 Å². The zero-order chi connectivity index (χ0) is 15.4. The highest BCUT2D eigenvalue weighted by atomic mass is 16.4. The number of aryl methyl sites for hydroxylation is 1. The monoisotopic (exact) mass is 287 g/mol. The zero-order valence-electron chi connectivity index (χ0n) is 11.2. The third-order valence-electron chi connectivity index (χ3n) is 2.80. The van der Waals surface area contributed by atoms with Crippen LogP contribution in [-0.2, 0) is 11.3 Å². The van der Waals surface area contributed by atoms with Gasteiger partial charge in [0.1, 0.15) is 6.54 Å². The van der Waals surface area contributed by atoms with Gasteiger partial charge in [0.15, 0.2) is 5.69 Å². The first-order valence-electron chi connectivity index (χ1n) is 6.14. The van der Waals surface area contributed by atoms with Crippen LogP contribution in [0.15, 0.2) is 41.2 Å². The highest BCUT2D eigenvalue weighted by molar-refractivity contribution is 5.91. The van der Waals surface area contributed by atoms with Crippen LogP contribution in [0.2, 0.25) is 0 Å². The van der Waals surface area contributed by atoms with Crippen LogP contribution in [0.25, 0.3) is 0 Å². The summed E-state index contributed by atoms with van der Waals surface area (Å²) < 4.78 is 0.817. The number of aromatic carboxylic acids is 1. The topological polar surface area (TPSA) is 101 Å². The lowest BCUT2D eigenvalue weighted by Crippen LogP contribution is -2.30. The molecule has 1 aromatic carbocycles. The number of hydrogen-bond donors (Lipinski definition) is 2. The summed E-state index contributed by atoms with van der Waals surface area (Å²) in [7, 11) is 0. The molecule has 0 fully saturated rings. The van der Waals surface area contributed by atoms with Crippen LogP contribution in [-0.4, -0.2) is 26.8 Å². The fraction of sp³-hybridized carbons (Fsp3) is 0.143. The van der Waals surface area contributed by atoms with Gasteiger partial charge in [-0.05, 0) is 24.6 Å². The Balaban J connectivity index is 2.17. The molecule has 1 aromatic heterocycles. The number of carboxylic acids is 1. The van der Waals surface area contributed by atoms with E-state index < -0.39 is 17.4 Å². The Bertz CT molecular complexity index is 752. The molecular formula is C14H13N3O4. The van der Waals surface area contributed by atoms with Crippen molar-refractivity contribution in [3.8, 4) is 0 Å². The number of aromatic nitrogens is 2. The molecule has 7 heteroatoms. The fourth-order valence-corrected chi connectivity index (χ4v) is 1.72. The molecule has 1 heterocycles. The lowest BCUT2D eigenvalue weighted by Gasteiger charge is -2.09. The Morgan fingerprint density at radius 3 is 2.62 bits per heavy atom. The zero-order valence-corrected chi connectivity index (χ0v) is 11.2. The van der Waals surface area contributed by atoms with Crippen LogP contribution in [0.1, 0.15) is 16.1 Å². The van der Waals surface area contributed by atoms with E-state index in [0.29, 0.717) is 5.69 Å². The van der Waals surface area contributed by atoms with Crippen LogP contribution in [0.4, 0.5) is 5.69 Å². The second kappa shape index (κ2) is 6.00. The van der Waals surface area contributed by atoms with E-state index in [-0.39, 0.29) is 12.2 Å². The Hall–Kier alpha value is -2.96. The number of nitrogens with zero attached hydrogens (tertiary/aromatic N) is 2. The average molecular weight is 287 g/mol. The van der Waals surface area contributed by atoms with Crippen molar-refractivity contribution in [3.63, 3.8) is 0 Å². The molecule has 0 saturated carbocycles. The van der Waals surface area contributed by atoms with E-state index >= 15 is 0 Å². The largest absolute Gasteiger partial charge is 0.476 e. The first-order chi connectivity index (χ1) is 9.97. The number of carboxylic acid groups (broad SMARTS) is 1. The molecule has 0 aliphatic carbocycles. The Morgan fingerprint density at radius 2 is 1.95 bits per heavy atom. The second-order valence-electron chi connectivity index (χ2n) is 4.38. The van der Waals surface area contributed by atoms with Crippen molar-refractivity contribution in [2.45, 2.75) is 13.5 Å². The SMILES string of the molecule is Cc1ccccc1NC(=O)Cn1nc(C(=O)O)ccc1=O. The number of hydrogen-bond acceptors (Lipinski definition) is 4. The molecule has 1 amide bonds. The molecule has 2 aromatic rings. The van der Waals surface area contributed by atoms with Crippen LogP contribution >= 0.6 is 0 Å². The molecule has 2 N–H and O–H groups in total. The lowest BCUT2D eigenvalue weighted by molar-refractivity contribution is -0.117. The van der Waals surface area contributed by atoms with E-state index in [9.17, 15) is 14.4 Å². The molecule has 0 unspecified atom stereocenters. The number of carbonyl (C=O) groups excluding carboxylic acids is 1. The van der Waals surface area contributed by atoms with Crippen molar-refractivity contribution in [1.29, 1.82) is 0 Å². The Kier molecular flexibility index (Phi) is 4.13. The Morgan fingerprint density at radius 1 is 1.24 bits per heavy atom. The first-order valence-corrected chi connectivity index (χ1v) is 6.14. The molecule has 0 spiro atoms. The van der Waals surface area contributed by atoms with Gasteiger partial charge >= 0.3 is 5.97 Å². The summed E-state index contributed by atoms with van der Waals surface area (Å²) >= 11 is 0. The van der Waals surface area contributed by atoms with Gasteiger partial charge in [-0.2, -0.15) is 5.10 Å². The smallest absolute Gasteiger partial charge is 0.356 e. The minimum Gasteiger partial charge on any atom is -0.476 e. The number of anilines is 1. The highest BCUT2D eigenvalue weighted by Crippen LogP contribution is 2.12. The van der Waals surface area contributed by atoms with Crippen LogP contribution in [0, 0.1) is 6.92 Å². The van der Waals surface area contributed by atoms with E-state index in [1.807, 2.05) is 19.1 Å². The average Bonchev–Trinajstić information content (AvgIpc) is 2.43. The van der Waals surface area contributed by atoms with E-state index in [1.165, 1.54) is 0 Å². The normalized spacial score (nSPS) is 10.1. The highest BCUT2D eigenvalue weighted by Gasteiger charge is 2.11. The number of benzene rings is 1. The predicted octanol–water partition coefficient (Wildman–Crippen LogP) is 0.889. The maximum atomic E-state index is 11.9. The van der Waals surface area contributed by atoms with Gasteiger partial charge in [-0.15, -0.1) is 0 Å². The van der Waals surface area contributed by atoms with E-state index in [1.54, 1.807) is 12.1 Å². The summed E-state index contributed by atoms with van der Waals surface area (Å²) in [5, 5.41) is 15.1. The van der Waals surface area contributed by atoms with Crippen molar-refractivity contribution in [1.82, 2.24) is 9.78 Å². The number of carbonyl (C=O) groups is 2. The predicted molar refractivity (Wildman–Crippen MR) is 75.3 cm³/mol. The third kappa shape index (κ3) is 3.53. The molecular weight excluding hydrogens is 274 g/mol. The minimum atomic E-state index is -1.26. The van der Waals surface area contributed by atoms with Gasteiger partial charge < -0.3 is 10.4 Å². The van der Waals surface area contributed by atoms with E-state index in [2.05, 4.69) is 10.4 Å². The van der Waals surface area contributed by atoms with Gasteiger partial charge in [0.25, 0.3) is 5.56 Å². The summed E-state index contributed by atoms with van der Waals surface area (Å²) in [4.78, 5) is 34.3. The first kappa shape index (κ1) is 14.4. The molecule has 21 heavy (non-hydrogen) atoms. The van der Waals surface area contributed by atoms with Crippen LogP contribution in [0.5, 0.6) is 0 Å². The summed E-state index contributed by atoms with van der Waals surface area (Å²) in [6, 6.07) is 9.35. The maximum absolute atomic E-state index is 11.9. The number of nitrogens with one attached hydrogen (secondary N) is 1. The molecule has 0 radical (unpaired) electrons. The molecule has 0 aliphatic heterocycles. The second-order valence-corrected chi connectivity index (χ2v) is 4.38. The molecule has 0 saturated heterocycles. The molecule has 0 aliphatic rings. The summed E-state index contributed by atoms with van der Waals surface area (Å²) in [5.41, 5.74) is 0.675. The molecule has 0 bridgehead atoms. The van der Waals surface area contributed by atoms with Crippen LogP contribution < -0.4 is 10.9 Å². The summed E-state index contributed by atoms with van der Waals surface area (Å²) in [6.45, 7) is 1.49. The van der Waals surface area contributed by atoms with Gasteiger partial charge in [0.05, 0.1) is 0 Å². The van der Waals surface area contributed by atoms with E-state index in [0.717, 1.165) is 22.4 Å². The molecule has 2 rings (SSSR count). The lowest BCUT2D eigenvalue weighted by atomic mass is 10.2. The summed E-state index contributed by atoms with van der Waals surface area (Å²) in [5.74, 6) is -1.72. The molecule has 7 nitrogen and oxygen atoms in total. The molecule has 0 atom stereocenters. The fourth-order valence-electron chi connectivity index (χ4n) is 1.72. The van der Waals surface area contributed by atoms with E-state index in [4.69, 9.17) is 5.11 Å². The quantitative estimate of drug-likeness (QED) is 0.869. The maximum Gasteiger partial charge on any atom is 0.356 e. The van der Waals surface area contributed by atoms with Crippen molar-refractivity contribution in [2.75, 3.05) is 5.32 Å². The third-order valence-corrected chi connectivity index (χ3v) is 2.80. The molecule has 108 valence electrons. The Labute approximate surface area is 119 Å². The van der Waals surface area contributed by atoms with Crippen LogP contribution in [0.3, 0.4) is 0 Å². The van der Waals surface area contributed by atoms with Gasteiger partial charge in [-0.25, -0.2) is 9.48 Å². The van der Waals surface area contributed by atoms with Gasteiger partial charge in [0.2, 0.25) is 5.91 Å². The number of para-hydroxylation sites is 1. The van der Waals surface area contributed by atoms with Crippen molar-refractivity contribution in [3.05, 3.63) is 58.0 Å². The number of amides is 1. The standard InChI is InChI=1S/C14H13N3O4/c1-9-4-2-3-5-10(9)15-12(18)8-17-13(19)7-6-11(16-17)14(20)21/h2-7H,8H2,1H3,(H,15,18)(H,20,21). The van der Waals surface area contributed by atoms with Crippen molar-refractivity contribution < 1.29 is 14.7 Å². The van der Waals surface area contributed by atoms with Gasteiger partial charge in [-0.1, -0.05) is 18.2 Å². The van der Waals surface area contributed by atoms with Crippen molar-refractivity contribution >= 4 is 17.6 Å². The number of rotatable bonds is 4. The summed E-state index contributed by atoms with van der Waals surface area (Å²) in [6.07, 6.45) is 0.